The molecule has 0 aliphatic rings. The highest BCUT2D eigenvalue weighted by atomic mass is 32.2. The number of phenols is 2. The Hall–Kier alpha value is -4.54. The number of nitrogens with two attached hydrogens (primary N) is 2. The van der Waals surface area contributed by atoms with Crippen molar-refractivity contribution in [2.75, 3.05) is 53.6 Å². The monoisotopic (exact) mass is 639 g/mol. The number of amides is 1. The quantitative estimate of drug-likeness (QED) is 0.0563. The molecule has 0 atom stereocenters. The number of carbonyl (C=O) groups excluding carboxylic acids is 1. The number of aromatic hydroxyl groups is 2. The fourth-order valence-corrected chi connectivity index (χ4v) is 5.07. The molecule has 0 saturated carbocycles. The molecule has 4 aromatic rings. The van der Waals surface area contributed by atoms with Crippen molar-refractivity contribution in [1.82, 2.24) is 20.2 Å². The number of sulfonamides is 1. The summed E-state index contributed by atoms with van der Waals surface area (Å²) in [6.07, 6.45) is -0.0890. The normalized spacial score (nSPS) is 11.6. The summed E-state index contributed by atoms with van der Waals surface area (Å²) in [5.74, 6) is -0.773. The van der Waals surface area contributed by atoms with Crippen LogP contribution in [0.3, 0.4) is 0 Å². The third kappa shape index (κ3) is 8.34. The van der Waals surface area contributed by atoms with E-state index < -0.39 is 10.0 Å². The van der Waals surface area contributed by atoms with Crippen molar-refractivity contribution >= 4 is 32.8 Å². The van der Waals surface area contributed by atoms with Crippen LogP contribution in [-0.2, 0) is 30.7 Å². The fourth-order valence-electron chi connectivity index (χ4n) is 4.53. The van der Waals surface area contributed by atoms with Crippen LogP contribution in [0.4, 0.5) is 0 Å². The smallest absolute Gasteiger partial charge is 0.238 e. The molecular formula is C30H37N7O7S. The van der Waals surface area contributed by atoms with E-state index in [2.05, 4.69) is 15.3 Å². The topological polar surface area (TPSA) is 230 Å². The first-order valence-electron chi connectivity index (χ1n) is 14.0. The number of nitrogen functional groups attached to an aromatic ring is 1. The number of primary sulfonamides is 1. The van der Waals surface area contributed by atoms with Crippen molar-refractivity contribution in [2.24, 2.45) is 10.9 Å². The van der Waals surface area contributed by atoms with Crippen LogP contribution in [0.25, 0.3) is 33.5 Å². The van der Waals surface area contributed by atoms with Gasteiger partial charge in [-0.2, -0.15) is 0 Å². The summed E-state index contributed by atoms with van der Waals surface area (Å²) in [5, 5.41) is 38.2. The van der Waals surface area contributed by atoms with Crippen LogP contribution in [0.15, 0.2) is 53.4 Å². The van der Waals surface area contributed by atoms with Crippen LogP contribution >= 0.6 is 0 Å². The van der Waals surface area contributed by atoms with Gasteiger partial charge in [-0.3, -0.25) is 10.2 Å². The van der Waals surface area contributed by atoms with E-state index in [0.717, 1.165) is 24.7 Å². The van der Waals surface area contributed by atoms with Crippen LogP contribution in [0.1, 0.15) is 11.1 Å². The van der Waals surface area contributed by atoms with E-state index in [-0.39, 0.29) is 57.1 Å². The van der Waals surface area contributed by atoms with Crippen molar-refractivity contribution in [2.45, 2.75) is 11.3 Å². The number of nitrogens with one attached hydrogen (secondary N) is 3. The summed E-state index contributed by atoms with van der Waals surface area (Å²) in [6.45, 7) is 2.78. The molecule has 0 unspecified atom stereocenters. The number of likely N-dealkylation sites (N-methyl/N-ethyl adjacent to an activating group) is 2. The Morgan fingerprint density at radius 1 is 1.02 bits per heavy atom. The first-order chi connectivity index (χ1) is 21.4. The van der Waals surface area contributed by atoms with Gasteiger partial charge in [-0.25, -0.2) is 18.5 Å². The molecule has 0 fully saturated rings. The van der Waals surface area contributed by atoms with Gasteiger partial charge in [-0.15, -0.1) is 0 Å². The maximum atomic E-state index is 13.2. The van der Waals surface area contributed by atoms with Gasteiger partial charge in [0.2, 0.25) is 15.9 Å². The Kier molecular flexibility index (Phi) is 10.7. The fraction of sp³-hybridized carbons (Fsp3) is 0.300. The Morgan fingerprint density at radius 2 is 1.73 bits per heavy atom. The number of benzene rings is 3. The SMILES string of the molecule is CNCCOCCOCCN(C)C(=O)Cc1cc(-c2nc3ccc(C(=N)N)cc3[nH]2)c(O)c(-c2cc(S(N)(=O)=O)ccc2O)c1. The number of fused-ring (bicyclic) bond motifs is 1. The van der Waals surface area contributed by atoms with Crippen molar-refractivity contribution in [3.63, 3.8) is 0 Å². The van der Waals surface area contributed by atoms with E-state index in [1.165, 1.54) is 11.0 Å². The molecule has 1 heterocycles. The lowest BCUT2D eigenvalue weighted by molar-refractivity contribution is -0.129. The van der Waals surface area contributed by atoms with E-state index in [4.69, 9.17) is 25.8 Å². The van der Waals surface area contributed by atoms with E-state index in [9.17, 15) is 23.4 Å². The molecule has 0 saturated heterocycles. The summed E-state index contributed by atoms with van der Waals surface area (Å²) < 4.78 is 35.1. The number of aromatic nitrogens is 2. The molecule has 0 aliphatic carbocycles. The molecule has 1 aromatic heterocycles. The number of hydrogen-bond acceptors (Lipinski definition) is 10. The van der Waals surface area contributed by atoms with Crippen LogP contribution in [0.5, 0.6) is 11.5 Å². The number of nitrogens with zero attached hydrogens (tertiary/aromatic N) is 2. The van der Waals surface area contributed by atoms with Gasteiger partial charge in [-0.05, 0) is 61.1 Å². The first kappa shape index (κ1) is 33.4. The molecule has 3 aromatic carbocycles. The van der Waals surface area contributed by atoms with Crippen LogP contribution in [-0.4, -0.2) is 98.9 Å². The van der Waals surface area contributed by atoms with Gasteiger partial charge < -0.3 is 40.6 Å². The number of H-pyrrole nitrogens is 1. The maximum Gasteiger partial charge on any atom is 0.238 e. The third-order valence-corrected chi connectivity index (χ3v) is 7.94. The molecule has 4 rings (SSSR count). The zero-order chi connectivity index (χ0) is 32.7. The van der Waals surface area contributed by atoms with E-state index in [1.807, 2.05) is 7.05 Å². The zero-order valence-electron chi connectivity index (χ0n) is 25.0. The molecule has 0 spiro atoms. The predicted octanol–water partition coefficient (Wildman–Crippen LogP) is 1.49. The Bertz CT molecular complexity index is 1810. The molecule has 14 nitrogen and oxygen atoms in total. The molecular weight excluding hydrogens is 602 g/mol. The standard InChI is InChI=1S/C30H37N7O7S/c1-34-7-9-43-11-12-44-10-8-37(2)27(39)15-18-13-22(21-17-20(45(33,41)42)4-6-26(21)38)28(40)23(14-18)30-35-24-5-3-19(29(31)32)16-25(24)36-30/h3-6,13-14,16-17,34,38,40H,7-12,15H2,1-2H3,(H3,31,32)(H,35,36)(H2,33,41,42). The summed E-state index contributed by atoms with van der Waals surface area (Å²) >= 11 is 0. The van der Waals surface area contributed by atoms with Crippen molar-refractivity contribution in [3.8, 4) is 34.0 Å². The first-order valence-corrected chi connectivity index (χ1v) is 15.5. The minimum absolute atomic E-state index is 0.0109. The number of hydrogen-bond donors (Lipinski definition) is 7. The van der Waals surface area contributed by atoms with E-state index in [1.54, 1.807) is 31.3 Å². The number of imidazole rings is 1. The summed E-state index contributed by atoms with van der Waals surface area (Å²) in [5.41, 5.74) is 7.88. The van der Waals surface area contributed by atoms with Gasteiger partial charge >= 0.3 is 0 Å². The van der Waals surface area contributed by atoms with E-state index >= 15 is 0 Å². The second kappa shape index (κ2) is 14.5. The lowest BCUT2D eigenvalue weighted by atomic mass is 9.95. The summed E-state index contributed by atoms with van der Waals surface area (Å²) in [4.78, 5) is 22.1. The summed E-state index contributed by atoms with van der Waals surface area (Å²) in [7, 11) is -0.652. The highest BCUT2D eigenvalue weighted by Crippen LogP contribution is 2.42. The molecule has 15 heteroatoms. The van der Waals surface area contributed by atoms with Crippen LogP contribution in [0.2, 0.25) is 0 Å². The number of amidine groups is 1. The minimum atomic E-state index is -4.14. The van der Waals surface area contributed by atoms with Crippen LogP contribution in [0, 0.1) is 5.41 Å². The number of aromatic amines is 1. The molecule has 45 heavy (non-hydrogen) atoms. The lowest BCUT2D eigenvalue weighted by Crippen LogP contribution is -2.31. The van der Waals surface area contributed by atoms with Gasteiger partial charge in [0.1, 0.15) is 23.2 Å². The molecule has 0 radical (unpaired) electrons. The molecule has 0 bridgehead atoms. The van der Waals surface area contributed by atoms with Gasteiger partial charge in [0.15, 0.2) is 0 Å². The molecule has 240 valence electrons. The highest BCUT2D eigenvalue weighted by molar-refractivity contribution is 7.89. The zero-order valence-corrected chi connectivity index (χ0v) is 25.8. The number of carbonyl (C=O) groups is 1. The average Bonchev–Trinajstić information content (AvgIpc) is 3.42. The number of phenolic OH excluding ortho intramolecular Hbond substituents is 2. The third-order valence-electron chi connectivity index (χ3n) is 7.02. The Labute approximate surface area is 260 Å². The van der Waals surface area contributed by atoms with Crippen molar-refractivity contribution < 1.29 is 32.9 Å². The Morgan fingerprint density at radius 3 is 2.42 bits per heavy atom. The van der Waals surface area contributed by atoms with Crippen molar-refractivity contribution in [1.29, 1.82) is 5.41 Å². The van der Waals surface area contributed by atoms with Gasteiger partial charge in [0, 0.05) is 36.8 Å². The lowest BCUT2D eigenvalue weighted by Gasteiger charge is -2.19. The van der Waals surface area contributed by atoms with E-state index in [0.29, 0.717) is 55.1 Å². The largest absolute Gasteiger partial charge is 0.507 e. The molecule has 9 N–H and O–H groups in total. The second-order valence-corrected chi connectivity index (χ2v) is 11.9. The highest BCUT2D eigenvalue weighted by Gasteiger charge is 2.22. The molecule has 1 amide bonds. The predicted molar refractivity (Wildman–Crippen MR) is 170 cm³/mol. The second-order valence-electron chi connectivity index (χ2n) is 10.3. The Balaban J connectivity index is 1.66. The van der Waals surface area contributed by atoms with Crippen molar-refractivity contribution in [3.05, 3.63) is 59.7 Å². The van der Waals surface area contributed by atoms with Crippen LogP contribution < -0.4 is 16.2 Å². The summed E-state index contributed by atoms with van der Waals surface area (Å²) in [6, 6.07) is 11.5. The average molecular weight is 640 g/mol. The number of rotatable bonds is 15. The van der Waals surface area contributed by atoms with Gasteiger partial charge in [0.05, 0.1) is 54.3 Å². The van der Waals surface area contributed by atoms with Gasteiger partial charge in [-0.1, -0.05) is 0 Å². The number of ether oxygens (including phenoxy) is 2. The maximum absolute atomic E-state index is 13.2. The molecule has 0 aliphatic heterocycles. The minimum Gasteiger partial charge on any atom is -0.507 e. The van der Waals surface area contributed by atoms with Gasteiger partial charge in [0.25, 0.3) is 0 Å².